The van der Waals surface area contributed by atoms with Crippen LogP contribution in [0, 0.1) is 59.2 Å². The van der Waals surface area contributed by atoms with Gasteiger partial charge in [0, 0.05) is 105 Å². The number of H-pyrrole nitrogens is 3. The summed E-state index contributed by atoms with van der Waals surface area (Å²) in [7, 11) is 0. The second-order valence-electron chi connectivity index (χ2n) is 26.0. The molecule has 0 spiro atoms. The minimum absolute atomic E-state index is 0.639. The molecular formula is C97H201N19. The first kappa shape index (κ1) is 159. The van der Waals surface area contributed by atoms with E-state index in [-0.39, 0.29) is 0 Å². The Hall–Kier alpha value is -8.48. The van der Waals surface area contributed by atoms with Crippen molar-refractivity contribution in [1.29, 1.82) is 0 Å². The summed E-state index contributed by atoms with van der Waals surface area (Å²) in [6.45, 7) is 106. The van der Waals surface area contributed by atoms with Crippen LogP contribution in [0.1, 0.15) is 346 Å². The summed E-state index contributed by atoms with van der Waals surface area (Å²) in [5, 5.41) is 26.2. The summed E-state index contributed by atoms with van der Waals surface area (Å²) in [4.78, 5) is 39.6. The zero-order chi connectivity index (χ0) is 95.4. The summed E-state index contributed by atoms with van der Waals surface area (Å²) in [6.07, 6.45) is 37.6. The third-order valence-corrected chi connectivity index (χ3v) is 4.66. The fourth-order valence-electron chi connectivity index (χ4n) is 2.50. The smallest absolute Gasteiger partial charge is 0.138 e. The molecule has 0 fully saturated rings. The van der Waals surface area contributed by atoms with Gasteiger partial charge in [-0.3, -0.25) is 35.1 Å². The summed E-state index contributed by atoms with van der Waals surface area (Å²) < 4.78 is 0. The van der Waals surface area contributed by atoms with E-state index in [0.717, 1.165) is 59.2 Å². The van der Waals surface area contributed by atoms with Crippen LogP contribution < -0.4 is 0 Å². The highest BCUT2D eigenvalue weighted by atomic mass is 15.2. The Labute approximate surface area is 725 Å². The van der Waals surface area contributed by atoms with E-state index in [1.807, 2.05) is 211 Å². The van der Waals surface area contributed by atoms with Crippen LogP contribution >= 0.6 is 0 Å². The molecule has 9 heterocycles. The molecule has 0 atom stereocenters. The Morgan fingerprint density at radius 2 is 0.457 bits per heavy atom. The van der Waals surface area contributed by atoms with Crippen molar-refractivity contribution in [1.82, 2.24) is 85.6 Å². The molecule has 1 aromatic carbocycles. The summed E-state index contributed by atoms with van der Waals surface area (Å²) in [6, 6.07) is 25.0. The molecule has 19 heteroatoms. The molecule has 1 aliphatic heterocycles. The molecule has 0 saturated heterocycles. The molecule has 116 heavy (non-hydrogen) atoms. The first-order chi connectivity index (χ1) is 55.3. The Balaban J connectivity index is -0.0000000460. The molecule has 0 aliphatic carbocycles. The number of aliphatic imine (C=N–C) groups is 2. The zero-order valence-electron chi connectivity index (χ0n) is 85.9. The maximum Gasteiger partial charge on any atom is 0.138 e. The van der Waals surface area contributed by atoms with Gasteiger partial charge in [-0.1, -0.05) is 389 Å². The van der Waals surface area contributed by atoms with E-state index >= 15 is 0 Å². The fraction of sp³-hybridized carbons (Fsp3) is 0.629. The van der Waals surface area contributed by atoms with Crippen LogP contribution in [-0.4, -0.2) is 105 Å². The number of nitrogens with one attached hydrogen (secondary N) is 3. The first-order valence-corrected chi connectivity index (χ1v) is 43.5. The Morgan fingerprint density at radius 1 is 0.190 bits per heavy atom. The summed E-state index contributed by atoms with van der Waals surface area (Å²) in [5.74, 6) is 8.33. The van der Waals surface area contributed by atoms with Gasteiger partial charge in [-0.2, -0.15) is 25.5 Å². The lowest BCUT2D eigenvalue weighted by atomic mass is 10.3. The number of imidazole rings is 1. The minimum atomic E-state index is 0.639. The van der Waals surface area contributed by atoms with Gasteiger partial charge in [0.05, 0.1) is 12.5 Å². The maximum atomic E-state index is 3.78. The predicted octanol–water partition coefficient (Wildman–Crippen LogP) is 31.7. The van der Waals surface area contributed by atoms with Crippen LogP contribution in [0.25, 0.3) is 0 Å². The van der Waals surface area contributed by atoms with Crippen LogP contribution in [-0.2, 0) is 0 Å². The average molecular weight is 1630 g/mol. The van der Waals surface area contributed by atoms with Gasteiger partial charge in [-0.15, -0.1) is 5.10 Å². The van der Waals surface area contributed by atoms with Gasteiger partial charge in [0.15, 0.2) is 0 Å². The first-order valence-electron chi connectivity index (χ1n) is 43.5. The van der Waals surface area contributed by atoms with E-state index in [9.17, 15) is 0 Å². The monoisotopic (exact) mass is 1630 g/mol. The van der Waals surface area contributed by atoms with E-state index in [4.69, 9.17) is 0 Å². The lowest BCUT2D eigenvalue weighted by Gasteiger charge is -1.79. The Morgan fingerprint density at radius 3 is 0.543 bits per heavy atom. The number of pyridine rings is 1. The third kappa shape index (κ3) is 510. The van der Waals surface area contributed by atoms with Gasteiger partial charge >= 0.3 is 0 Å². The summed E-state index contributed by atoms with van der Waals surface area (Å²) >= 11 is 0. The largest absolute Gasteiger partial charge is 0.351 e. The predicted molar refractivity (Wildman–Crippen MR) is 531 cm³/mol. The van der Waals surface area contributed by atoms with Crippen LogP contribution in [0.3, 0.4) is 0 Å². The maximum absolute atomic E-state index is 3.78. The number of hydrogen-bond acceptors (Lipinski definition) is 16. The molecule has 684 valence electrons. The van der Waals surface area contributed by atoms with Gasteiger partial charge in [0.1, 0.15) is 32.0 Å². The minimum Gasteiger partial charge on any atom is -0.351 e. The van der Waals surface area contributed by atoms with Gasteiger partial charge in [0.2, 0.25) is 0 Å². The van der Waals surface area contributed by atoms with E-state index in [0.29, 0.717) is 6.67 Å². The van der Waals surface area contributed by atoms with Crippen molar-refractivity contribution < 1.29 is 0 Å². The van der Waals surface area contributed by atoms with Gasteiger partial charge in [0.25, 0.3) is 0 Å². The van der Waals surface area contributed by atoms with Gasteiger partial charge < -0.3 is 4.98 Å². The van der Waals surface area contributed by atoms with Crippen molar-refractivity contribution in [2.75, 3.05) is 6.67 Å². The van der Waals surface area contributed by atoms with Crippen molar-refractivity contribution >= 4 is 12.4 Å². The number of hydrogen-bond donors (Lipinski definition) is 3. The molecule has 8 aromatic heterocycles. The van der Waals surface area contributed by atoms with E-state index in [1.165, 1.54) is 31.5 Å². The molecule has 9 aromatic rings. The Bertz CT molecular complexity index is 1770. The SMILES string of the molecule is C1=NCN=C1.CC.CC.CC.CC.CC.CC.CC.CC.CC.CC.CC(C)C.CC(C)C.CC(C)C.CC(C)C.CC(C)C.CC(C)C.CC(C)C.CC(C)C.CC(C)C.CC(C)C.c1c[nH]cn1.c1ccccc1.c1ccncc1.c1ccnnc1.c1cn[nH]c1.c1cnccn1.c1cncnc1.c1cnncn1.c1nc[nH]n1. The van der Waals surface area contributed by atoms with Gasteiger partial charge in [-0.25, -0.2) is 24.9 Å². The molecule has 3 N–H and O–H groups in total. The molecule has 1 aliphatic rings. The summed E-state index contributed by atoms with van der Waals surface area (Å²) in [5.41, 5.74) is 0. The normalized spacial score (nSPS) is 7.90. The Kier molecular flexibility index (Phi) is 271. The highest BCUT2D eigenvalue weighted by Gasteiger charge is 1.75. The molecule has 0 unspecified atom stereocenters. The molecule has 0 amide bonds. The van der Waals surface area contributed by atoms with Crippen molar-refractivity contribution in [2.45, 2.75) is 346 Å². The van der Waals surface area contributed by atoms with E-state index in [1.54, 1.807) is 118 Å². The lowest BCUT2D eigenvalue weighted by molar-refractivity contribution is 0.736. The van der Waals surface area contributed by atoms with Crippen LogP contribution in [0.2, 0.25) is 0 Å². The van der Waals surface area contributed by atoms with Crippen molar-refractivity contribution in [3.63, 3.8) is 0 Å². The highest BCUT2D eigenvalue weighted by Crippen LogP contribution is 1.86. The number of aromatic amines is 3. The number of nitrogens with zero attached hydrogens (tertiary/aromatic N) is 16. The van der Waals surface area contributed by atoms with Crippen molar-refractivity contribution in [3.8, 4) is 0 Å². The number of benzene rings is 1. The third-order valence-electron chi connectivity index (χ3n) is 4.66. The molecule has 0 bridgehead atoms. The quantitative estimate of drug-likeness (QED) is 0.128. The van der Waals surface area contributed by atoms with Crippen LogP contribution in [0.15, 0.2) is 220 Å². The van der Waals surface area contributed by atoms with Gasteiger partial charge in [-0.05, 0) is 95.6 Å². The van der Waals surface area contributed by atoms with Crippen molar-refractivity contribution in [2.24, 2.45) is 69.2 Å². The molecule has 0 radical (unpaired) electrons. The number of rotatable bonds is 0. The molecule has 10 rings (SSSR count). The topological polar surface area (TPSA) is 253 Å². The molecular weight excluding hydrogens is 1430 g/mol. The molecule has 19 nitrogen and oxygen atoms in total. The standard InChI is InChI=1S/C6H6.C5H5N.3C4H4N2.10C4H10.C3H3N3.3C3H4N2.C2H3N3.10C2H6/c2*1-2-4-6-5-3-1;1-2-6-4-3-5-1;1-2-5-4-6-3-1;1-2-4-6-5-3-1;10*1-4(2)3;1-2-5-6-3-4-1;2*1-2-5-3-4-1;1-2-4-5-3-1;1-3-2-5-4-1;10*1-2/h1-6H;1-5H;3*1-4H;10*4H,1-3H3;1-3H;1-2H,3H2;2*1-3H,(H,4,5);1-2H,(H,3,4,5);10*1-2H3. The fourth-order valence-corrected chi connectivity index (χ4v) is 2.50. The molecule has 0 saturated carbocycles. The van der Waals surface area contributed by atoms with E-state index in [2.05, 4.69) is 303 Å². The van der Waals surface area contributed by atoms with Crippen LogP contribution in [0.4, 0.5) is 0 Å². The second kappa shape index (κ2) is 197. The lowest BCUT2D eigenvalue weighted by Crippen LogP contribution is -1.75. The van der Waals surface area contributed by atoms with Crippen molar-refractivity contribution in [3.05, 3.63) is 210 Å². The number of aromatic nitrogens is 17. The van der Waals surface area contributed by atoms with Crippen LogP contribution in [0.5, 0.6) is 0 Å². The zero-order valence-corrected chi connectivity index (χ0v) is 85.9. The second-order valence-corrected chi connectivity index (χ2v) is 26.0. The average Bonchev–Trinajstić information content (AvgIpc) is 1.98. The highest BCUT2D eigenvalue weighted by molar-refractivity contribution is 6.17. The van der Waals surface area contributed by atoms with E-state index < -0.39 is 0 Å².